The number of thioether (sulfide) groups is 1. The first kappa shape index (κ1) is 15.8. The van der Waals surface area contributed by atoms with Crippen LogP contribution in [0.25, 0.3) is 6.08 Å². The van der Waals surface area contributed by atoms with Crippen LogP contribution in [0.15, 0.2) is 41.8 Å². The molecular formula is C15H14N2O4S. The molecule has 0 saturated carbocycles. The highest BCUT2D eigenvalue weighted by atomic mass is 32.2. The maximum Gasteiger partial charge on any atom is 0.293 e. The largest absolute Gasteiger partial charge is 0.484 e. The molecule has 0 aliphatic carbocycles. The molecule has 1 aliphatic rings. The van der Waals surface area contributed by atoms with Crippen molar-refractivity contribution in [3.63, 3.8) is 0 Å². The van der Waals surface area contributed by atoms with Crippen molar-refractivity contribution in [2.45, 2.75) is 0 Å². The van der Waals surface area contributed by atoms with Crippen molar-refractivity contribution in [3.8, 4) is 5.75 Å². The fraction of sp³-hybridized carbons (Fsp3) is 0.133. The van der Waals surface area contributed by atoms with Crippen LogP contribution in [0.3, 0.4) is 0 Å². The van der Waals surface area contributed by atoms with E-state index in [1.54, 1.807) is 30.3 Å². The van der Waals surface area contributed by atoms with Gasteiger partial charge in [0.2, 0.25) is 0 Å². The second kappa shape index (κ2) is 6.95. The Kier molecular flexibility index (Phi) is 5.00. The van der Waals surface area contributed by atoms with E-state index in [1.165, 1.54) is 6.08 Å². The highest BCUT2D eigenvalue weighted by Gasteiger charge is 2.33. The van der Waals surface area contributed by atoms with E-state index in [1.807, 2.05) is 0 Å². The molecule has 0 spiro atoms. The quantitative estimate of drug-likeness (QED) is 0.638. The summed E-state index contributed by atoms with van der Waals surface area (Å²) in [7, 11) is 0. The normalized spacial score (nSPS) is 16.2. The third-order valence-electron chi connectivity index (χ3n) is 2.74. The predicted molar refractivity (Wildman–Crippen MR) is 84.0 cm³/mol. The number of carbonyl (C=O) groups excluding carboxylic acids is 3. The fourth-order valence-corrected chi connectivity index (χ4v) is 2.60. The predicted octanol–water partition coefficient (Wildman–Crippen LogP) is 1.77. The van der Waals surface area contributed by atoms with Gasteiger partial charge < -0.3 is 10.5 Å². The Morgan fingerprint density at radius 1 is 1.32 bits per heavy atom. The molecule has 1 aromatic rings. The highest BCUT2D eigenvalue weighted by Crippen LogP contribution is 2.32. The zero-order valence-corrected chi connectivity index (χ0v) is 12.5. The number of imide groups is 1. The molecule has 1 aliphatic heterocycles. The average molecular weight is 318 g/mol. The number of primary amides is 1. The van der Waals surface area contributed by atoms with Crippen LogP contribution in [0, 0.1) is 0 Å². The van der Waals surface area contributed by atoms with Gasteiger partial charge in [0.1, 0.15) is 5.75 Å². The van der Waals surface area contributed by atoms with E-state index < -0.39 is 5.91 Å². The number of benzene rings is 1. The van der Waals surface area contributed by atoms with Crippen molar-refractivity contribution in [1.82, 2.24) is 4.90 Å². The van der Waals surface area contributed by atoms with Gasteiger partial charge >= 0.3 is 0 Å². The zero-order chi connectivity index (χ0) is 16.1. The molecule has 0 unspecified atom stereocenters. The summed E-state index contributed by atoms with van der Waals surface area (Å²) in [5, 5.41) is -0.308. The number of hydrogen-bond acceptors (Lipinski definition) is 5. The molecule has 6 nitrogen and oxygen atoms in total. The lowest BCUT2D eigenvalue weighted by Gasteiger charge is -2.07. The van der Waals surface area contributed by atoms with Gasteiger partial charge in [0.25, 0.3) is 17.1 Å². The molecule has 0 aromatic heterocycles. The van der Waals surface area contributed by atoms with E-state index in [9.17, 15) is 14.4 Å². The SMILES string of the molecule is C=CCN1C(=O)S/C(=C\c2ccc(OCC(N)=O)cc2)C1=O. The first-order valence-corrected chi connectivity index (χ1v) is 7.20. The molecule has 7 heteroatoms. The molecule has 2 rings (SSSR count). The Bertz CT molecular complexity index is 652. The highest BCUT2D eigenvalue weighted by molar-refractivity contribution is 8.18. The Morgan fingerprint density at radius 2 is 2.00 bits per heavy atom. The lowest BCUT2D eigenvalue weighted by Crippen LogP contribution is -2.27. The van der Waals surface area contributed by atoms with Crippen LogP contribution in [0.5, 0.6) is 5.75 Å². The molecule has 22 heavy (non-hydrogen) atoms. The van der Waals surface area contributed by atoms with Gasteiger partial charge in [-0.2, -0.15) is 0 Å². The first-order chi connectivity index (χ1) is 10.5. The summed E-state index contributed by atoms with van der Waals surface area (Å²) in [5.74, 6) is -0.389. The Morgan fingerprint density at radius 3 is 2.59 bits per heavy atom. The summed E-state index contributed by atoms with van der Waals surface area (Å²) in [4.78, 5) is 35.9. The van der Waals surface area contributed by atoms with Crippen LogP contribution in [-0.2, 0) is 9.59 Å². The summed E-state index contributed by atoms with van der Waals surface area (Å²) in [5.41, 5.74) is 5.73. The monoisotopic (exact) mass is 318 g/mol. The molecule has 1 saturated heterocycles. The molecule has 2 N–H and O–H groups in total. The van der Waals surface area contributed by atoms with Crippen molar-refractivity contribution in [2.24, 2.45) is 5.73 Å². The van der Waals surface area contributed by atoms with Gasteiger partial charge in [-0.15, -0.1) is 6.58 Å². The molecule has 1 heterocycles. The van der Waals surface area contributed by atoms with Crippen LogP contribution in [0.2, 0.25) is 0 Å². The third kappa shape index (κ3) is 3.76. The van der Waals surface area contributed by atoms with E-state index in [2.05, 4.69) is 6.58 Å². The third-order valence-corrected chi connectivity index (χ3v) is 3.65. The number of nitrogens with zero attached hydrogens (tertiary/aromatic N) is 1. The maximum atomic E-state index is 12.0. The van der Waals surface area contributed by atoms with Crippen LogP contribution in [-0.4, -0.2) is 35.1 Å². The first-order valence-electron chi connectivity index (χ1n) is 6.38. The minimum atomic E-state index is -0.556. The standard InChI is InChI=1S/C15H14N2O4S/c1-2-7-17-14(19)12(22-15(17)20)8-10-3-5-11(6-4-10)21-9-13(16)18/h2-6,8H,1,7,9H2,(H2,16,18)/b12-8-. The maximum absolute atomic E-state index is 12.0. The van der Waals surface area contributed by atoms with Crippen LogP contribution in [0.1, 0.15) is 5.56 Å². The smallest absolute Gasteiger partial charge is 0.293 e. The van der Waals surface area contributed by atoms with Crippen molar-refractivity contribution < 1.29 is 19.1 Å². The molecule has 0 radical (unpaired) electrons. The van der Waals surface area contributed by atoms with Crippen LogP contribution >= 0.6 is 11.8 Å². The summed E-state index contributed by atoms with van der Waals surface area (Å²) in [6, 6.07) is 6.75. The van der Waals surface area contributed by atoms with Crippen molar-refractivity contribution >= 4 is 34.9 Å². The number of nitrogens with two attached hydrogens (primary N) is 1. The Labute approximate surface area is 131 Å². The van der Waals surface area contributed by atoms with E-state index in [0.29, 0.717) is 10.7 Å². The number of ether oxygens (including phenoxy) is 1. The second-order valence-electron chi connectivity index (χ2n) is 4.41. The van der Waals surface area contributed by atoms with Gasteiger partial charge in [-0.1, -0.05) is 18.2 Å². The van der Waals surface area contributed by atoms with E-state index >= 15 is 0 Å². The van der Waals surface area contributed by atoms with Gasteiger partial charge in [0.05, 0.1) is 4.91 Å². The topological polar surface area (TPSA) is 89.7 Å². The minimum Gasteiger partial charge on any atom is -0.484 e. The van der Waals surface area contributed by atoms with Gasteiger partial charge in [-0.25, -0.2) is 0 Å². The average Bonchev–Trinajstić information content (AvgIpc) is 2.74. The lowest BCUT2D eigenvalue weighted by molar-refractivity contribution is -0.122. The molecule has 1 fully saturated rings. The van der Waals surface area contributed by atoms with Crippen molar-refractivity contribution in [3.05, 3.63) is 47.4 Å². The summed E-state index contributed by atoms with van der Waals surface area (Å²) < 4.78 is 5.14. The number of amides is 3. The van der Waals surface area contributed by atoms with Crippen LogP contribution < -0.4 is 10.5 Å². The molecular weight excluding hydrogens is 304 g/mol. The molecule has 114 valence electrons. The molecule has 3 amide bonds. The van der Waals surface area contributed by atoms with Crippen LogP contribution in [0.4, 0.5) is 4.79 Å². The van der Waals surface area contributed by atoms with Gasteiger partial charge in [-0.3, -0.25) is 19.3 Å². The van der Waals surface area contributed by atoms with Gasteiger partial charge in [0, 0.05) is 6.54 Å². The summed E-state index contributed by atoms with van der Waals surface area (Å²) >= 11 is 0.893. The van der Waals surface area contributed by atoms with E-state index in [-0.39, 0.29) is 24.3 Å². The Hall–Kier alpha value is -2.54. The fourth-order valence-electron chi connectivity index (χ4n) is 1.75. The van der Waals surface area contributed by atoms with Gasteiger partial charge in [0.15, 0.2) is 6.61 Å². The number of carbonyl (C=O) groups is 3. The number of hydrogen-bond donors (Lipinski definition) is 1. The van der Waals surface area contributed by atoms with Gasteiger partial charge in [-0.05, 0) is 35.5 Å². The molecule has 1 aromatic carbocycles. The van der Waals surface area contributed by atoms with Crippen molar-refractivity contribution in [2.75, 3.05) is 13.2 Å². The Balaban J connectivity index is 2.09. The summed E-state index contributed by atoms with van der Waals surface area (Å²) in [6.45, 7) is 3.52. The molecule has 0 atom stereocenters. The van der Waals surface area contributed by atoms with E-state index in [4.69, 9.17) is 10.5 Å². The number of rotatable bonds is 6. The van der Waals surface area contributed by atoms with Crippen molar-refractivity contribution in [1.29, 1.82) is 0 Å². The zero-order valence-electron chi connectivity index (χ0n) is 11.7. The summed E-state index contributed by atoms with van der Waals surface area (Å²) in [6.07, 6.45) is 3.13. The minimum absolute atomic E-state index is 0.195. The lowest BCUT2D eigenvalue weighted by atomic mass is 10.2. The molecule has 0 bridgehead atoms. The van der Waals surface area contributed by atoms with E-state index in [0.717, 1.165) is 22.2 Å². The second-order valence-corrected chi connectivity index (χ2v) is 5.40.